The smallest absolute Gasteiger partial charge is 0.0736 e. The number of unbranched alkanes of at least 4 members (excludes halogenated alkanes) is 10. The Morgan fingerprint density at radius 2 is 1.14 bits per heavy atom. The highest BCUT2D eigenvalue weighted by Gasteiger charge is 2.37. The number of hydrogen-bond acceptors (Lipinski definition) is 4. The van der Waals surface area contributed by atoms with Crippen molar-refractivity contribution in [1.82, 2.24) is 0 Å². The van der Waals surface area contributed by atoms with Crippen LogP contribution in [0, 0.1) is 5.41 Å². The summed E-state index contributed by atoms with van der Waals surface area (Å²) in [6.45, 7) is 4.00. The lowest BCUT2D eigenvalue weighted by atomic mass is 9.82. The molecule has 0 spiro atoms. The Balaban J connectivity index is 4.38. The highest BCUT2D eigenvalue weighted by Crippen LogP contribution is 2.26. The van der Waals surface area contributed by atoms with Gasteiger partial charge >= 0.3 is 0 Å². The molecule has 0 aromatic rings. The summed E-state index contributed by atoms with van der Waals surface area (Å²) in [5, 5.41) is 29.3. The second-order valence-corrected chi connectivity index (χ2v) is 8.24. The summed E-state index contributed by atoms with van der Waals surface area (Å²) in [7, 11) is 0. The van der Waals surface area contributed by atoms with Crippen molar-refractivity contribution in [2.75, 3.05) is 26.4 Å². The zero-order chi connectivity index (χ0) is 21.6. The lowest BCUT2D eigenvalue weighted by Gasteiger charge is -2.35. The molecule has 0 saturated heterocycles. The number of aliphatic hydroxyl groups excluding tert-OH is 3. The quantitative estimate of drug-likeness (QED) is 0.170. The Morgan fingerprint density at radius 1 is 0.655 bits per heavy atom. The van der Waals surface area contributed by atoms with Gasteiger partial charge in [-0.15, -0.1) is 0 Å². The van der Waals surface area contributed by atoms with E-state index < -0.39 is 11.5 Å². The van der Waals surface area contributed by atoms with Crippen LogP contribution in [0.4, 0.5) is 0 Å². The third-order valence-electron chi connectivity index (χ3n) is 5.65. The standard InChI is InChI=1S/C25H48O4/c1-3-5-7-9-11-13-15-17-19-24(25(21-26,22-27)23-28)29-20-18-16-14-12-10-8-6-4-2/h15-18,24,26-28H,3-14,19-23H2,1-2H3. The molecular weight excluding hydrogens is 364 g/mol. The maximum atomic E-state index is 9.77. The van der Waals surface area contributed by atoms with Crippen LogP contribution in [-0.4, -0.2) is 47.9 Å². The Hall–Kier alpha value is -0.680. The molecule has 1 unspecified atom stereocenters. The van der Waals surface area contributed by atoms with E-state index in [1.807, 2.05) is 6.08 Å². The molecule has 0 aliphatic heterocycles. The van der Waals surface area contributed by atoms with Gasteiger partial charge in [0.25, 0.3) is 0 Å². The maximum absolute atomic E-state index is 9.77. The second-order valence-electron chi connectivity index (χ2n) is 8.24. The molecule has 1 atom stereocenters. The molecule has 3 N–H and O–H groups in total. The zero-order valence-corrected chi connectivity index (χ0v) is 19.2. The average molecular weight is 413 g/mol. The zero-order valence-electron chi connectivity index (χ0n) is 19.2. The summed E-state index contributed by atoms with van der Waals surface area (Å²) in [6, 6.07) is 0. The number of rotatable bonds is 21. The molecule has 0 amide bonds. The van der Waals surface area contributed by atoms with Gasteiger partial charge in [0.15, 0.2) is 0 Å². The van der Waals surface area contributed by atoms with Crippen LogP contribution >= 0.6 is 0 Å². The van der Waals surface area contributed by atoms with Gasteiger partial charge in [0.2, 0.25) is 0 Å². The molecule has 0 bridgehead atoms. The van der Waals surface area contributed by atoms with E-state index in [0.717, 1.165) is 12.8 Å². The molecule has 0 aliphatic carbocycles. The molecular formula is C25H48O4. The van der Waals surface area contributed by atoms with Crippen LogP contribution in [0.15, 0.2) is 24.3 Å². The van der Waals surface area contributed by atoms with E-state index in [-0.39, 0.29) is 19.8 Å². The van der Waals surface area contributed by atoms with Crippen molar-refractivity contribution in [3.63, 3.8) is 0 Å². The SMILES string of the molecule is CCCCCCCC=CCOC(CC=CCCCCCCC)C(CO)(CO)CO. The van der Waals surface area contributed by atoms with Crippen LogP contribution in [-0.2, 0) is 4.74 Å². The van der Waals surface area contributed by atoms with E-state index in [4.69, 9.17) is 4.74 Å². The highest BCUT2D eigenvalue weighted by molar-refractivity contribution is 4.94. The van der Waals surface area contributed by atoms with E-state index in [9.17, 15) is 15.3 Å². The minimum absolute atomic E-state index is 0.295. The van der Waals surface area contributed by atoms with Gasteiger partial charge in [0, 0.05) is 0 Å². The number of allylic oxidation sites excluding steroid dienone is 2. The van der Waals surface area contributed by atoms with Crippen molar-refractivity contribution >= 4 is 0 Å². The minimum Gasteiger partial charge on any atom is -0.396 e. The van der Waals surface area contributed by atoms with Crippen molar-refractivity contribution < 1.29 is 20.1 Å². The molecule has 4 nitrogen and oxygen atoms in total. The summed E-state index contributed by atoms with van der Waals surface area (Å²) < 4.78 is 5.97. The normalized spacial score (nSPS) is 13.7. The van der Waals surface area contributed by atoms with Gasteiger partial charge in [-0.05, 0) is 32.1 Å². The van der Waals surface area contributed by atoms with Gasteiger partial charge in [-0.1, -0.05) is 89.5 Å². The van der Waals surface area contributed by atoms with E-state index in [2.05, 4.69) is 32.1 Å². The average Bonchev–Trinajstić information content (AvgIpc) is 2.75. The Labute approximate surface area is 180 Å². The molecule has 4 heteroatoms. The molecule has 0 rings (SSSR count). The molecule has 29 heavy (non-hydrogen) atoms. The fourth-order valence-electron chi connectivity index (χ4n) is 3.38. The summed E-state index contributed by atoms with van der Waals surface area (Å²) >= 11 is 0. The third kappa shape index (κ3) is 14.0. The largest absolute Gasteiger partial charge is 0.396 e. The van der Waals surface area contributed by atoms with Gasteiger partial charge in [-0.2, -0.15) is 0 Å². The van der Waals surface area contributed by atoms with E-state index in [0.29, 0.717) is 13.0 Å². The highest BCUT2D eigenvalue weighted by atomic mass is 16.5. The van der Waals surface area contributed by atoms with Gasteiger partial charge in [0.05, 0.1) is 37.9 Å². The van der Waals surface area contributed by atoms with Crippen LogP contribution < -0.4 is 0 Å². The lowest BCUT2D eigenvalue weighted by Crippen LogP contribution is -2.46. The number of ether oxygens (including phenoxy) is 1. The summed E-state index contributed by atoms with van der Waals surface area (Å²) in [5.74, 6) is 0. The van der Waals surface area contributed by atoms with Gasteiger partial charge in [-0.3, -0.25) is 0 Å². The first-order valence-corrected chi connectivity index (χ1v) is 11.9. The monoisotopic (exact) mass is 412 g/mol. The van der Waals surface area contributed by atoms with Crippen molar-refractivity contribution in [3.05, 3.63) is 24.3 Å². The summed E-state index contributed by atoms with van der Waals surface area (Å²) in [5.41, 5.74) is -1.01. The van der Waals surface area contributed by atoms with Crippen molar-refractivity contribution in [1.29, 1.82) is 0 Å². The van der Waals surface area contributed by atoms with E-state index >= 15 is 0 Å². The van der Waals surface area contributed by atoms with Gasteiger partial charge in [-0.25, -0.2) is 0 Å². The minimum atomic E-state index is -1.01. The van der Waals surface area contributed by atoms with Crippen LogP contribution in [0.2, 0.25) is 0 Å². The number of hydrogen-bond donors (Lipinski definition) is 3. The van der Waals surface area contributed by atoms with Crippen LogP contribution in [0.5, 0.6) is 0 Å². The van der Waals surface area contributed by atoms with Crippen molar-refractivity contribution in [3.8, 4) is 0 Å². The summed E-state index contributed by atoms with van der Waals surface area (Å²) in [6.07, 6.45) is 23.3. The first-order valence-electron chi connectivity index (χ1n) is 11.9. The first-order chi connectivity index (χ1) is 14.2. The Kier molecular flexibility index (Phi) is 20.1. The van der Waals surface area contributed by atoms with E-state index in [1.54, 1.807) is 0 Å². The lowest BCUT2D eigenvalue weighted by molar-refractivity contribution is -0.106. The van der Waals surface area contributed by atoms with Crippen LogP contribution in [0.25, 0.3) is 0 Å². The molecule has 0 aromatic heterocycles. The Bertz CT molecular complexity index is 380. The van der Waals surface area contributed by atoms with Gasteiger partial charge < -0.3 is 20.1 Å². The molecule has 0 heterocycles. The van der Waals surface area contributed by atoms with E-state index in [1.165, 1.54) is 64.2 Å². The van der Waals surface area contributed by atoms with Crippen LogP contribution in [0.3, 0.4) is 0 Å². The fraction of sp³-hybridized carbons (Fsp3) is 0.840. The van der Waals surface area contributed by atoms with Crippen molar-refractivity contribution in [2.45, 2.75) is 103 Å². The molecule has 0 radical (unpaired) electrons. The molecule has 0 saturated carbocycles. The van der Waals surface area contributed by atoms with Crippen molar-refractivity contribution in [2.24, 2.45) is 5.41 Å². The molecule has 0 aromatic carbocycles. The predicted molar refractivity (Wildman–Crippen MR) is 123 cm³/mol. The number of aliphatic hydroxyl groups is 3. The fourth-order valence-corrected chi connectivity index (χ4v) is 3.38. The maximum Gasteiger partial charge on any atom is 0.0736 e. The third-order valence-corrected chi connectivity index (χ3v) is 5.65. The molecule has 0 fully saturated rings. The van der Waals surface area contributed by atoms with Gasteiger partial charge in [0.1, 0.15) is 0 Å². The predicted octanol–water partition coefficient (Wildman–Crippen LogP) is 5.56. The Morgan fingerprint density at radius 3 is 1.62 bits per heavy atom. The second kappa shape index (κ2) is 20.6. The molecule has 172 valence electrons. The van der Waals surface area contributed by atoms with Crippen LogP contribution in [0.1, 0.15) is 97.3 Å². The topological polar surface area (TPSA) is 69.9 Å². The first kappa shape index (κ1) is 28.3. The summed E-state index contributed by atoms with van der Waals surface area (Å²) in [4.78, 5) is 0. The molecule has 0 aliphatic rings.